The number of hydrogen-bond acceptors (Lipinski definition) is 2. The van der Waals surface area contributed by atoms with E-state index in [4.69, 9.17) is 0 Å². The lowest BCUT2D eigenvalue weighted by molar-refractivity contribution is -0.122. The summed E-state index contributed by atoms with van der Waals surface area (Å²) in [6.07, 6.45) is 7.66. The van der Waals surface area contributed by atoms with Gasteiger partial charge in [0.1, 0.15) is 0 Å². The highest BCUT2D eigenvalue weighted by atomic mass is 16.1. The van der Waals surface area contributed by atoms with Crippen LogP contribution in [0.5, 0.6) is 0 Å². The molecule has 0 aromatic heterocycles. The Morgan fingerprint density at radius 1 is 1.83 bits per heavy atom. The molecule has 1 heterocycles. The molecule has 0 saturated carbocycles. The third-order valence-corrected chi connectivity index (χ3v) is 1.60. The van der Waals surface area contributed by atoms with Crippen LogP contribution in [0.3, 0.4) is 0 Å². The number of nitrogens with one attached hydrogen (secondary N) is 1. The van der Waals surface area contributed by atoms with Crippen LogP contribution in [0.1, 0.15) is 6.42 Å². The zero-order valence-corrected chi connectivity index (χ0v) is 6.86. The van der Waals surface area contributed by atoms with Crippen molar-refractivity contribution in [1.29, 1.82) is 0 Å². The summed E-state index contributed by atoms with van der Waals surface area (Å²) in [5, 5.41) is 2.72. The molecule has 0 bridgehead atoms. The van der Waals surface area contributed by atoms with E-state index in [1.165, 1.54) is 0 Å². The standard InChI is InChI=1S/C9H12N2O/c1-2-5-11-9(12)8-4-3-6-10-7-8/h2-3,6-8H,1,4-5H2,(H,11,12). The average molecular weight is 164 g/mol. The maximum absolute atomic E-state index is 11.3. The minimum absolute atomic E-state index is 0.0167. The van der Waals surface area contributed by atoms with Gasteiger partial charge >= 0.3 is 0 Å². The molecule has 64 valence electrons. The van der Waals surface area contributed by atoms with Gasteiger partial charge < -0.3 is 5.32 Å². The molecule has 0 fully saturated rings. The highest BCUT2D eigenvalue weighted by Crippen LogP contribution is 2.05. The Morgan fingerprint density at radius 2 is 2.67 bits per heavy atom. The lowest BCUT2D eigenvalue weighted by Gasteiger charge is -2.10. The maximum Gasteiger partial charge on any atom is 0.229 e. The maximum atomic E-state index is 11.3. The van der Waals surface area contributed by atoms with Gasteiger partial charge in [0, 0.05) is 19.0 Å². The van der Waals surface area contributed by atoms with E-state index in [2.05, 4.69) is 16.9 Å². The summed E-state index contributed by atoms with van der Waals surface area (Å²) in [7, 11) is 0. The summed E-state index contributed by atoms with van der Waals surface area (Å²) in [5.41, 5.74) is 0. The Balaban J connectivity index is 2.37. The van der Waals surface area contributed by atoms with E-state index in [0.29, 0.717) is 6.54 Å². The number of allylic oxidation sites excluding steroid dienone is 1. The molecule has 1 aliphatic heterocycles. The van der Waals surface area contributed by atoms with Gasteiger partial charge in [-0.1, -0.05) is 12.2 Å². The largest absolute Gasteiger partial charge is 0.352 e. The molecule has 3 nitrogen and oxygen atoms in total. The van der Waals surface area contributed by atoms with Crippen molar-refractivity contribution >= 4 is 12.1 Å². The van der Waals surface area contributed by atoms with Gasteiger partial charge in [-0.15, -0.1) is 6.58 Å². The second-order valence-electron chi connectivity index (χ2n) is 2.56. The van der Waals surface area contributed by atoms with Gasteiger partial charge in [0.25, 0.3) is 0 Å². The minimum atomic E-state index is -0.102. The van der Waals surface area contributed by atoms with E-state index in [9.17, 15) is 4.79 Å². The number of carbonyl (C=O) groups is 1. The van der Waals surface area contributed by atoms with Gasteiger partial charge in [-0.25, -0.2) is 0 Å². The smallest absolute Gasteiger partial charge is 0.229 e. The van der Waals surface area contributed by atoms with E-state index in [1.54, 1.807) is 18.5 Å². The highest BCUT2D eigenvalue weighted by molar-refractivity contribution is 5.94. The van der Waals surface area contributed by atoms with Crippen LogP contribution in [-0.4, -0.2) is 18.7 Å². The Morgan fingerprint density at radius 3 is 3.25 bits per heavy atom. The van der Waals surface area contributed by atoms with Gasteiger partial charge in [0.05, 0.1) is 5.92 Å². The minimum Gasteiger partial charge on any atom is -0.352 e. The molecule has 1 amide bonds. The molecular weight excluding hydrogens is 152 g/mol. The first kappa shape index (κ1) is 8.71. The summed E-state index contributed by atoms with van der Waals surface area (Å²) >= 11 is 0. The van der Waals surface area contributed by atoms with Crippen LogP contribution in [0.4, 0.5) is 0 Å². The normalized spacial score (nSPS) is 20.5. The third kappa shape index (κ3) is 2.34. The number of nitrogens with zero attached hydrogens (tertiary/aromatic N) is 1. The fraction of sp³-hybridized carbons (Fsp3) is 0.333. The molecule has 1 aliphatic rings. The molecular formula is C9H12N2O. The van der Waals surface area contributed by atoms with E-state index < -0.39 is 0 Å². The Kier molecular flexibility index (Phi) is 3.26. The van der Waals surface area contributed by atoms with Crippen molar-refractivity contribution in [3.8, 4) is 0 Å². The molecule has 1 rings (SSSR count). The fourth-order valence-corrected chi connectivity index (χ4v) is 0.961. The Hall–Kier alpha value is -1.38. The molecule has 0 radical (unpaired) electrons. The van der Waals surface area contributed by atoms with E-state index in [-0.39, 0.29) is 11.8 Å². The number of rotatable bonds is 3. The van der Waals surface area contributed by atoms with Gasteiger partial charge in [0.15, 0.2) is 0 Å². The van der Waals surface area contributed by atoms with Crippen LogP contribution >= 0.6 is 0 Å². The van der Waals surface area contributed by atoms with Gasteiger partial charge in [-0.05, 0) is 6.42 Å². The van der Waals surface area contributed by atoms with Crippen molar-refractivity contribution in [3.05, 3.63) is 24.9 Å². The first-order chi connectivity index (χ1) is 5.84. The van der Waals surface area contributed by atoms with Gasteiger partial charge in [-0.3, -0.25) is 9.79 Å². The Labute approximate surface area is 71.9 Å². The quantitative estimate of drug-likeness (QED) is 0.618. The van der Waals surface area contributed by atoms with Crippen molar-refractivity contribution in [2.75, 3.05) is 6.54 Å². The van der Waals surface area contributed by atoms with Crippen molar-refractivity contribution in [3.63, 3.8) is 0 Å². The second kappa shape index (κ2) is 4.49. The second-order valence-corrected chi connectivity index (χ2v) is 2.56. The Bertz CT molecular complexity index is 231. The van der Waals surface area contributed by atoms with Crippen molar-refractivity contribution < 1.29 is 4.79 Å². The number of amides is 1. The molecule has 0 saturated heterocycles. The number of carbonyl (C=O) groups excluding carboxylic acids is 1. The van der Waals surface area contributed by atoms with Gasteiger partial charge in [0.2, 0.25) is 5.91 Å². The van der Waals surface area contributed by atoms with E-state index in [1.807, 2.05) is 6.08 Å². The van der Waals surface area contributed by atoms with Crippen LogP contribution in [0.2, 0.25) is 0 Å². The van der Waals surface area contributed by atoms with E-state index in [0.717, 1.165) is 6.42 Å². The molecule has 1 N–H and O–H groups in total. The fourth-order valence-electron chi connectivity index (χ4n) is 0.961. The first-order valence-corrected chi connectivity index (χ1v) is 3.91. The van der Waals surface area contributed by atoms with Crippen LogP contribution < -0.4 is 5.32 Å². The average Bonchev–Trinajstić information content (AvgIpc) is 2.15. The molecule has 12 heavy (non-hydrogen) atoms. The van der Waals surface area contributed by atoms with Crippen molar-refractivity contribution in [1.82, 2.24) is 5.32 Å². The van der Waals surface area contributed by atoms with Crippen LogP contribution in [0.25, 0.3) is 0 Å². The summed E-state index contributed by atoms with van der Waals surface area (Å²) < 4.78 is 0. The molecule has 0 aromatic rings. The van der Waals surface area contributed by atoms with Crippen LogP contribution in [0, 0.1) is 5.92 Å². The van der Waals surface area contributed by atoms with Crippen LogP contribution in [0.15, 0.2) is 29.9 Å². The summed E-state index contributed by atoms with van der Waals surface area (Å²) in [6, 6.07) is 0. The molecule has 0 aliphatic carbocycles. The first-order valence-electron chi connectivity index (χ1n) is 3.91. The zero-order chi connectivity index (χ0) is 8.81. The molecule has 1 unspecified atom stereocenters. The topological polar surface area (TPSA) is 41.5 Å². The van der Waals surface area contributed by atoms with Crippen molar-refractivity contribution in [2.45, 2.75) is 6.42 Å². The zero-order valence-electron chi connectivity index (χ0n) is 6.86. The number of hydrogen-bond donors (Lipinski definition) is 1. The molecule has 1 atom stereocenters. The lowest BCUT2D eigenvalue weighted by Crippen LogP contribution is -2.31. The van der Waals surface area contributed by atoms with Crippen LogP contribution in [-0.2, 0) is 4.79 Å². The predicted molar refractivity (Wildman–Crippen MR) is 48.9 cm³/mol. The van der Waals surface area contributed by atoms with Crippen molar-refractivity contribution in [2.24, 2.45) is 10.9 Å². The molecule has 0 spiro atoms. The summed E-state index contributed by atoms with van der Waals surface area (Å²) in [6.45, 7) is 4.04. The molecule has 3 heteroatoms. The third-order valence-electron chi connectivity index (χ3n) is 1.60. The van der Waals surface area contributed by atoms with Gasteiger partial charge in [-0.2, -0.15) is 0 Å². The highest BCUT2D eigenvalue weighted by Gasteiger charge is 2.14. The predicted octanol–water partition coefficient (Wildman–Crippen LogP) is 0.893. The number of aliphatic imine (C=N–C) groups is 1. The lowest BCUT2D eigenvalue weighted by atomic mass is 10.1. The monoisotopic (exact) mass is 164 g/mol. The summed E-state index contributed by atoms with van der Waals surface area (Å²) in [4.78, 5) is 15.2. The summed E-state index contributed by atoms with van der Waals surface area (Å²) in [5.74, 6) is -0.0852. The van der Waals surface area contributed by atoms with E-state index >= 15 is 0 Å². The molecule has 0 aromatic carbocycles. The SMILES string of the molecule is C=CCNC(=O)C1C=NC=CC1.